The predicted molar refractivity (Wildman–Crippen MR) is 66.5 cm³/mol. The van der Waals surface area contributed by atoms with Crippen LogP contribution in [0.15, 0.2) is 18.2 Å². The van der Waals surface area contributed by atoms with E-state index in [-0.39, 0.29) is 17.1 Å². The molecule has 0 saturated carbocycles. The van der Waals surface area contributed by atoms with E-state index in [1.807, 2.05) is 0 Å². The minimum Gasteiger partial charge on any atom is -0.393 e. The van der Waals surface area contributed by atoms with Crippen molar-refractivity contribution in [3.05, 3.63) is 28.8 Å². The van der Waals surface area contributed by atoms with Crippen molar-refractivity contribution in [3.63, 3.8) is 0 Å². The number of alkyl halides is 3. The molecule has 3 nitrogen and oxygen atoms in total. The van der Waals surface area contributed by atoms with Gasteiger partial charge in [0.1, 0.15) is 0 Å². The highest BCUT2D eigenvalue weighted by atomic mass is 35.5. The minimum atomic E-state index is -4.58. The molecule has 1 amide bonds. The number of hydrogen-bond donors (Lipinski definition) is 2. The van der Waals surface area contributed by atoms with Crippen molar-refractivity contribution in [2.45, 2.75) is 12.6 Å². The van der Waals surface area contributed by atoms with Gasteiger partial charge >= 0.3 is 6.18 Å². The van der Waals surface area contributed by atoms with Crippen LogP contribution in [0, 0.1) is 0 Å². The molecule has 1 rings (SSSR count). The van der Waals surface area contributed by atoms with Crippen molar-refractivity contribution in [2.75, 3.05) is 5.32 Å². The average molecular weight is 297 g/mol. The van der Waals surface area contributed by atoms with Gasteiger partial charge in [-0.1, -0.05) is 23.8 Å². The molecular formula is C10H8ClF3N2OS. The number of nitrogens with one attached hydrogen (secondary N) is 1. The molecule has 98 valence electrons. The van der Waals surface area contributed by atoms with Crippen LogP contribution in [0.5, 0.6) is 0 Å². The van der Waals surface area contributed by atoms with Crippen LogP contribution in [0.4, 0.5) is 18.9 Å². The van der Waals surface area contributed by atoms with Crippen molar-refractivity contribution in [3.8, 4) is 0 Å². The molecule has 0 heterocycles. The van der Waals surface area contributed by atoms with Crippen LogP contribution >= 0.6 is 23.8 Å². The summed E-state index contributed by atoms with van der Waals surface area (Å²) in [6.45, 7) is 0. The van der Waals surface area contributed by atoms with E-state index in [0.717, 1.165) is 12.1 Å². The summed E-state index contributed by atoms with van der Waals surface area (Å²) in [6, 6.07) is 3.07. The molecule has 0 radical (unpaired) electrons. The van der Waals surface area contributed by atoms with Crippen molar-refractivity contribution >= 4 is 40.4 Å². The lowest BCUT2D eigenvalue weighted by atomic mass is 10.2. The Kier molecular flexibility index (Phi) is 4.53. The largest absolute Gasteiger partial charge is 0.417 e. The first-order chi connectivity index (χ1) is 8.20. The number of carbonyl (C=O) groups is 1. The Morgan fingerprint density at radius 1 is 1.44 bits per heavy atom. The molecular weight excluding hydrogens is 289 g/mol. The topological polar surface area (TPSA) is 55.1 Å². The number of hydrogen-bond acceptors (Lipinski definition) is 2. The third kappa shape index (κ3) is 4.15. The van der Waals surface area contributed by atoms with Gasteiger partial charge in [-0.15, -0.1) is 0 Å². The first kappa shape index (κ1) is 14.7. The van der Waals surface area contributed by atoms with Crippen LogP contribution in [0.1, 0.15) is 12.0 Å². The van der Waals surface area contributed by atoms with E-state index in [1.165, 1.54) is 6.07 Å². The molecule has 3 N–H and O–H groups in total. The maximum atomic E-state index is 12.5. The Balaban J connectivity index is 2.92. The predicted octanol–water partition coefficient (Wildman–Crippen LogP) is 2.97. The van der Waals surface area contributed by atoms with Gasteiger partial charge in [0.15, 0.2) is 0 Å². The fraction of sp³-hybridized carbons (Fsp3) is 0.200. The number of halogens is 4. The molecule has 0 aliphatic carbocycles. The molecule has 8 heteroatoms. The molecule has 0 saturated heterocycles. The summed E-state index contributed by atoms with van der Waals surface area (Å²) in [5.41, 5.74) is 4.10. The molecule has 0 atom stereocenters. The molecule has 0 aliphatic heterocycles. The third-order valence-corrected chi connectivity index (χ3v) is 2.36. The minimum absolute atomic E-state index is 0.0204. The molecule has 18 heavy (non-hydrogen) atoms. The van der Waals surface area contributed by atoms with Gasteiger partial charge in [0.05, 0.1) is 22.0 Å². The maximum Gasteiger partial charge on any atom is 0.417 e. The van der Waals surface area contributed by atoms with Crippen LogP contribution in [0.2, 0.25) is 5.02 Å². The molecule has 0 aliphatic rings. The van der Waals surface area contributed by atoms with Gasteiger partial charge in [0, 0.05) is 5.69 Å². The fourth-order valence-corrected chi connectivity index (χ4v) is 1.54. The van der Waals surface area contributed by atoms with E-state index in [2.05, 4.69) is 17.5 Å². The summed E-state index contributed by atoms with van der Waals surface area (Å²) in [4.78, 5) is 11.2. The monoisotopic (exact) mass is 296 g/mol. The van der Waals surface area contributed by atoms with Crippen LogP contribution in [0.25, 0.3) is 0 Å². The molecule has 0 unspecified atom stereocenters. The second-order valence-electron chi connectivity index (χ2n) is 3.38. The zero-order valence-corrected chi connectivity index (χ0v) is 10.4. The Hall–Kier alpha value is -1.34. The number of thiocarbonyl (C=S) groups is 1. The highest BCUT2D eigenvalue weighted by Crippen LogP contribution is 2.36. The second-order valence-corrected chi connectivity index (χ2v) is 4.32. The van der Waals surface area contributed by atoms with E-state index >= 15 is 0 Å². The van der Waals surface area contributed by atoms with E-state index < -0.39 is 22.7 Å². The highest BCUT2D eigenvalue weighted by Gasteiger charge is 2.33. The zero-order valence-electron chi connectivity index (χ0n) is 8.84. The number of carbonyl (C=O) groups excluding carboxylic acids is 1. The van der Waals surface area contributed by atoms with Crippen LogP contribution in [-0.4, -0.2) is 10.9 Å². The molecule has 1 aromatic rings. The molecule has 0 bridgehead atoms. The van der Waals surface area contributed by atoms with Gasteiger partial charge in [-0.05, 0) is 18.2 Å². The molecule has 0 fully saturated rings. The lowest BCUT2D eigenvalue weighted by molar-refractivity contribution is -0.137. The fourth-order valence-electron chi connectivity index (χ4n) is 1.18. The van der Waals surface area contributed by atoms with Crippen molar-refractivity contribution in [1.82, 2.24) is 0 Å². The third-order valence-electron chi connectivity index (χ3n) is 1.89. The van der Waals surface area contributed by atoms with E-state index in [4.69, 9.17) is 17.3 Å². The SMILES string of the molecule is NC(=S)CC(=O)Nc1ccc(Cl)c(C(F)(F)F)c1. The molecule has 1 aromatic carbocycles. The average Bonchev–Trinajstić information content (AvgIpc) is 2.17. The second kappa shape index (κ2) is 5.53. The van der Waals surface area contributed by atoms with E-state index in [0.29, 0.717) is 0 Å². The number of nitrogens with two attached hydrogens (primary N) is 1. The summed E-state index contributed by atoms with van der Waals surface area (Å²) in [5, 5.41) is 1.81. The summed E-state index contributed by atoms with van der Waals surface area (Å²) in [6.07, 6.45) is -4.82. The zero-order chi connectivity index (χ0) is 13.9. The summed E-state index contributed by atoms with van der Waals surface area (Å²) in [5.74, 6) is -0.585. The van der Waals surface area contributed by atoms with E-state index in [1.54, 1.807) is 0 Å². The lowest BCUT2D eigenvalue weighted by Crippen LogP contribution is -2.20. The first-order valence-corrected chi connectivity index (χ1v) is 5.43. The standard InChI is InChI=1S/C10H8ClF3N2OS/c11-7-2-1-5(3-6(7)10(12,13)14)16-9(17)4-8(15)18/h1-3H,4H2,(H2,15,18)(H,16,17). The van der Waals surface area contributed by atoms with Crippen LogP contribution in [-0.2, 0) is 11.0 Å². The Morgan fingerprint density at radius 3 is 2.56 bits per heavy atom. The summed E-state index contributed by atoms with van der Waals surface area (Å²) < 4.78 is 37.6. The highest BCUT2D eigenvalue weighted by molar-refractivity contribution is 7.80. The normalized spacial score (nSPS) is 11.1. The van der Waals surface area contributed by atoms with Crippen molar-refractivity contribution < 1.29 is 18.0 Å². The van der Waals surface area contributed by atoms with Crippen LogP contribution < -0.4 is 11.1 Å². The van der Waals surface area contributed by atoms with Crippen molar-refractivity contribution in [2.24, 2.45) is 5.73 Å². The van der Waals surface area contributed by atoms with Crippen molar-refractivity contribution in [1.29, 1.82) is 0 Å². The number of amides is 1. The Labute approximate surface area is 111 Å². The van der Waals surface area contributed by atoms with Gasteiger partial charge in [0.2, 0.25) is 5.91 Å². The quantitative estimate of drug-likeness (QED) is 0.843. The number of rotatable bonds is 3. The smallest absolute Gasteiger partial charge is 0.393 e. The molecule has 0 spiro atoms. The Morgan fingerprint density at radius 2 is 2.06 bits per heavy atom. The van der Waals surface area contributed by atoms with Gasteiger partial charge in [-0.2, -0.15) is 13.2 Å². The first-order valence-electron chi connectivity index (χ1n) is 4.65. The number of benzene rings is 1. The lowest BCUT2D eigenvalue weighted by Gasteiger charge is -2.11. The maximum absolute atomic E-state index is 12.5. The van der Waals surface area contributed by atoms with Gasteiger partial charge in [-0.25, -0.2) is 0 Å². The Bertz CT molecular complexity index is 491. The van der Waals surface area contributed by atoms with E-state index in [9.17, 15) is 18.0 Å². The summed E-state index contributed by atoms with van der Waals surface area (Å²) >= 11 is 9.94. The van der Waals surface area contributed by atoms with Gasteiger partial charge < -0.3 is 11.1 Å². The molecule has 0 aromatic heterocycles. The summed E-state index contributed by atoms with van der Waals surface area (Å²) in [7, 11) is 0. The van der Waals surface area contributed by atoms with Gasteiger partial charge in [-0.3, -0.25) is 4.79 Å². The number of anilines is 1. The van der Waals surface area contributed by atoms with Gasteiger partial charge in [0.25, 0.3) is 0 Å². The van der Waals surface area contributed by atoms with Crippen LogP contribution in [0.3, 0.4) is 0 Å².